The molecule has 0 radical (unpaired) electrons. The van der Waals surface area contributed by atoms with Gasteiger partial charge in [-0.15, -0.1) is 0 Å². The van der Waals surface area contributed by atoms with E-state index in [0.29, 0.717) is 0 Å². The molecule has 0 N–H and O–H groups in total. The number of anilines is 1. The van der Waals surface area contributed by atoms with Crippen LogP contribution in [-0.4, -0.2) is 43.1 Å². The van der Waals surface area contributed by atoms with Crippen LogP contribution in [0, 0.1) is 10.1 Å². The minimum Gasteiger partial charge on any atom is -0.497 e. The molecule has 6 nitrogen and oxygen atoms in total. The Morgan fingerprint density at radius 2 is 1.83 bits per heavy atom. The summed E-state index contributed by atoms with van der Waals surface area (Å²) in [5.74, 6) is 0.867. The average molecular weight is 333 g/mol. The van der Waals surface area contributed by atoms with Crippen molar-refractivity contribution in [2.24, 2.45) is 0 Å². The molecule has 1 aliphatic rings. The second-order valence-corrected chi connectivity index (χ2v) is 6.61. The maximum atomic E-state index is 10.7. The van der Waals surface area contributed by atoms with Crippen molar-refractivity contribution in [2.45, 2.75) is 6.54 Å². The molecule has 0 atom stereocenters. The molecule has 0 spiro atoms. The van der Waals surface area contributed by atoms with Gasteiger partial charge < -0.3 is 9.64 Å². The molecule has 122 valence electrons. The largest absolute Gasteiger partial charge is 0.497 e. The average Bonchev–Trinajstić information content (AvgIpc) is 3.04. The summed E-state index contributed by atoms with van der Waals surface area (Å²) in [6.07, 6.45) is 0. The summed E-state index contributed by atoms with van der Waals surface area (Å²) < 4.78 is 5.19. The van der Waals surface area contributed by atoms with Crippen LogP contribution in [0.4, 0.5) is 10.7 Å². The number of hydrogen-bond donors (Lipinski definition) is 0. The van der Waals surface area contributed by atoms with E-state index in [1.54, 1.807) is 13.2 Å². The normalized spacial score (nSPS) is 15.6. The molecule has 0 unspecified atom stereocenters. The lowest BCUT2D eigenvalue weighted by molar-refractivity contribution is -0.380. The maximum Gasteiger partial charge on any atom is 0.324 e. The third-order valence-electron chi connectivity index (χ3n) is 4.02. The molecule has 0 saturated carbocycles. The Morgan fingerprint density at radius 1 is 1.13 bits per heavy atom. The van der Waals surface area contributed by atoms with E-state index in [9.17, 15) is 10.1 Å². The molecule has 1 fully saturated rings. The summed E-state index contributed by atoms with van der Waals surface area (Å²) in [5.41, 5.74) is 1.21. The second kappa shape index (κ2) is 6.97. The van der Waals surface area contributed by atoms with Crippen LogP contribution in [-0.2, 0) is 6.54 Å². The monoisotopic (exact) mass is 333 g/mol. The van der Waals surface area contributed by atoms with Crippen LogP contribution < -0.4 is 9.64 Å². The van der Waals surface area contributed by atoms with Gasteiger partial charge in [0.05, 0.1) is 12.0 Å². The lowest BCUT2D eigenvalue weighted by Crippen LogP contribution is -2.45. The van der Waals surface area contributed by atoms with Crippen LogP contribution in [0.25, 0.3) is 0 Å². The molecule has 1 aromatic carbocycles. The molecular weight excluding hydrogens is 314 g/mol. The smallest absolute Gasteiger partial charge is 0.324 e. The first-order valence-corrected chi connectivity index (χ1v) is 8.32. The van der Waals surface area contributed by atoms with E-state index in [2.05, 4.69) is 21.9 Å². The molecule has 0 aliphatic carbocycles. The van der Waals surface area contributed by atoms with Gasteiger partial charge in [-0.3, -0.25) is 15.0 Å². The molecule has 0 bridgehead atoms. The van der Waals surface area contributed by atoms with E-state index in [0.717, 1.165) is 43.4 Å². The predicted octanol–water partition coefficient (Wildman–Crippen LogP) is 2.99. The Labute approximate surface area is 139 Å². The van der Waals surface area contributed by atoms with Gasteiger partial charge in [0.25, 0.3) is 0 Å². The highest BCUT2D eigenvalue weighted by atomic mass is 32.1. The van der Waals surface area contributed by atoms with E-state index < -0.39 is 0 Å². The van der Waals surface area contributed by atoms with Crippen LogP contribution >= 0.6 is 11.3 Å². The number of benzene rings is 1. The van der Waals surface area contributed by atoms with E-state index in [1.807, 2.05) is 18.2 Å². The van der Waals surface area contributed by atoms with Gasteiger partial charge in [0.1, 0.15) is 5.75 Å². The molecule has 0 amide bonds. The zero-order valence-corrected chi connectivity index (χ0v) is 13.8. The fourth-order valence-electron chi connectivity index (χ4n) is 2.73. The van der Waals surface area contributed by atoms with Gasteiger partial charge >= 0.3 is 5.00 Å². The van der Waals surface area contributed by atoms with Crippen LogP contribution in [0.15, 0.2) is 36.4 Å². The van der Waals surface area contributed by atoms with Crippen molar-refractivity contribution in [2.75, 3.05) is 38.2 Å². The number of rotatable bonds is 5. The first kappa shape index (κ1) is 15.8. The zero-order chi connectivity index (χ0) is 16.2. The third kappa shape index (κ3) is 3.80. The molecular formula is C16H19N3O3S. The summed E-state index contributed by atoms with van der Waals surface area (Å²) in [7, 11) is 1.67. The summed E-state index contributed by atoms with van der Waals surface area (Å²) in [5, 5.41) is 11.0. The number of methoxy groups -OCH3 is 1. The molecule has 1 saturated heterocycles. The van der Waals surface area contributed by atoms with Gasteiger partial charge in [-0.25, -0.2) is 0 Å². The van der Waals surface area contributed by atoms with E-state index in [4.69, 9.17) is 4.74 Å². The zero-order valence-electron chi connectivity index (χ0n) is 13.0. The predicted molar refractivity (Wildman–Crippen MR) is 91.5 cm³/mol. The van der Waals surface area contributed by atoms with Gasteiger partial charge in [0, 0.05) is 49.4 Å². The summed E-state index contributed by atoms with van der Waals surface area (Å²) in [6, 6.07) is 11.6. The van der Waals surface area contributed by atoms with Gasteiger partial charge in [-0.05, 0) is 30.3 Å². The fraction of sp³-hybridized carbons (Fsp3) is 0.375. The molecule has 7 heteroatoms. The molecule has 1 aromatic heterocycles. The lowest BCUT2D eigenvalue weighted by Gasteiger charge is -2.35. The minimum atomic E-state index is -0.324. The molecule has 1 aliphatic heterocycles. The second-order valence-electron chi connectivity index (χ2n) is 5.46. The number of nitro groups is 1. The maximum absolute atomic E-state index is 10.7. The van der Waals surface area contributed by atoms with Crippen molar-refractivity contribution in [1.29, 1.82) is 0 Å². The van der Waals surface area contributed by atoms with Gasteiger partial charge in [-0.2, -0.15) is 0 Å². The van der Waals surface area contributed by atoms with Crippen LogP contribution in [0.2, 0.25) is 0 Å². The van der Waals surface area contributed by atoms with E-state index in [-0.39, 0.29) is 9.92 Å². The highest BCUT2D eigenvalue weighted by Gasteiger charge is 2.19. The number of piperazine rings is 1. The van der Waals surface area contributed by atoms with Crippen LogP contribution in [0.3, 0.4) is 0 Å². The number of hydrogen-bond acceptors (Lipinski definition) is 6. The number of thiophene rings is 1. The standard InChI is InChI=1S/C16H19N3O3S/c1-22-14-4-2-13(3-5-14)18-10-8-17(9-11-18)12-15-6-7-16(23-15)19(20)21/h2-7H,8-12H2,1H3. The summed E-state index contributed by atoms with van der Waals surface area (Å²) >= 11 is 1.27. The highest BCUT2D eigenvalue weighted by Crippen LogP contribution is 2.26. The minimum absolute atomic E-state index is 0.219. The Morgan fingerprint density at radius 3 is 2.39 bits per heavy atom. The van der Waals surface area contributed by atoms with Crippen LogP contribution in [0.5, 0.6) is 5.75 Å². The van der Waals surface area contributed by atoms with Crippen molar-refractivity contribution in [1.82, 2.24) is 4.90 Å². The van der Waals surface area contributed by atoms with Crippen molar-refractivity contribution in [3.05, 3.63) is 51.4 Å². The van der Waals surface area contributed by atoms with E-state index in [1.165, 1.54) is 17.0 Å². The molecule has 2 aromatic rings. The van der Waals surface area contributed by atoms with Gasteiger partial charge in [0.15, 0.2) is 0 Å². The Bertz CT molecular complexity index is 663. The van der Waals surface area contributed by atoms with E-state index >= 15 is 0 Å². The number of nitrogens with zero attached hydrogens (tertiary/aromatic N) is 3. The quantitative estimate of drug-likeness (QED) is 0.622. The van der Waals surface area contributed by atoms with Crippen molar-refractivity contribution in [3.8, 4) is 5.75 Å². The van der Waals surface area contributed by atoms with Gasteiger partial charge in [0.2, 0.25) is 0 Å². The molecule has 3 rings (SSSR count). The molecule has 2 heterocycles. The Balaban J connectivity index is 1.54. The Hall–Kier alpha value is -2.12. The number of ether oxygens (including phenoxy) is 1. The third-order valence-corrected chi connectivity index (χ3v) is 5.04. The molecule has 23 heavy (non-hydrogen) atoms. The Kier molecular flexibility index (Phi) is 4.78. The van der Waals surface area contributed by atoms with Crippen molar-refractivity contribution < 1.29 is 9.66 Å². The van der Waals surface area contributed by atoms with Crippen molar-refractivity contribution in [3.63, 3.8) is 0 Å². The van der Waals surface area contributed by atoms with Crippen molar-refractivity contribution >= 4 is 22.0 Å². The highest BCUT2D eigenvalue weighted by molar-refractivity contribution is 7.15. The first-order chi connectivity index (χ1) is 11.2. The summed E-state index contributed by atoms with van der Waals surface area (Å²) in [6.45, 7) is 4.62. The topological polar surface area (TPSA) is 58.8 Å². The first-order valence-electron chi connectivity index (χ1n) is 7.50. The lowest BCUT2D eigenvalue weighted by atomic mass is 10.2. The SMILES string of the molecule is COc1ccc(N2CCN(Cc3ccc([N+](=O)[O-])s3)CC2)cc1. The summed E-state index contributed by atoms with van der Waals surface area (Å²) in [4.78, 5) is 16.2. The fourth-order valence-corrected chi connectivity index (χ4v) is 3.59. The van der Waals surface area contributed by atoms with Crippen LogP contribution in [0.1, 0.15) is 4.88 Å². The van der Waals surface area contributed by atoms with Gasteiger partial charge in [-0.1, -0.05) is 11.3 Å².